The van der Waals surface area contributed by atoms with Gasteiger partial charge in [-0.3, -0.25) is 4.79 Å². The van der Waals surface area contributed by atoms with Crippen molar-refractivity contribution in [1.82, 2.24) is 14.9 Å². The largest absolute Gasteiger partial charge is 0.497 e. The van der Waals surface area contributed by atoms with Gasteiger partial charge in [-0.2, -0.15) is 0 Å². The summed E-state index contributed by atoms with van der Waals surface area (Å²) >= 11 is 0. The van der Waals surface area contributed by atoms with Crippen molar-refractivity contribution in [3.8, 4) is 5.75 Å². The first kappa shape index (κ1) is 17.7. The first-order valence-corrected chi connectivity index (χ1v) is 8.56. The molecule has 26 heavy (non-hydrogen) atoms. The highest BCUT2D eigenvalue weighted by Crippen LogP contribution is 2.21. The fraction of sp³-hybridized carbons (Fsp3) is 0.316. The second-order valence-corrected chi connectivity index (χ2v) is 5.94. The zero-order chi connectivity index (χ0) is 18.4. The van der Waals surface area contributed by atoms with Crippen LogP contribution in [0.3, 0.4) is 0 Å². The van der Waals surface area contributed by atoms with E-state index in [0.717, 1.165) is 24.5 Å². The number of amides is 1. The van der Waals surface area contributed by atoms with Gasteiger partial charge in [0.15, 0.2) is 0 Å². The molecule has 1 saturated heterocycles. The number of hydrogen-bond acceptors (Lipinski definition) is 6. The predicted octanol–water partition coefficient (Wildman–Crippen LogP) is 2.05. The molecular formula is C19H23N5O2. The summed E-state index contributed by atoms with van der Waals surface area (Å²) < 4.78 is 5.19. The van der Waals surface area contributed by atoms with Gasteiger partial charge in [0.1, 0.15) is 23.6 Å². The van der Waals surface area contributed by atoms with Crippen molar-refractivity contribution in [3.05, 3.63) is 55.0 Å². The molecule has 1 aromatic carbocycles. The minimum Gasteiger partial charge on any atom is -0.497 e. The van der Waals surface area contributed by atoms with Gasteiger partial charge in [0, 0.05) is 44.5 Å². The summed E-state index contributed by atoms with van der Waals surface area (Å²) in [5, 5.41) is 3.07. The summed E-state index contributed by atoms with van der Waals surface area (Å²) in [4.78, 5) is 25.0. The molecule has 1 aliphatic heterocycles. The summed E-state index contributed by atoms with van der Waals surface area (Å²) in [6, 6.07) is 9.66. The zero-order valence-electron chi connectivity index (χ0n) is 14.9. The van der Waals surface area contributed by atoms with Crippen molar-refractivity contribution in [1.29, 1.82) is 0 Å². The average molecular weight is 353 g/mol. The highest BCUT2D eigenvalue weighted by molar-refractivity contribution is 5.93. The molecule has 3 rings (SSSR count). The lowest BCUT2D eigenvalue weighted by Gasteiger charge is -2.36. The average Bonchev–Trinajstić information content (AvgIpc) is 2.72. The first-order chi connectivity index (χ1) is 12.7. The molecule has 1 N–H and O–H groups in total. The van der Waals surface area contributed by atoms with E-state index < -0.39 is 0 Å². The van der Waals surface area contributed by atoms with E-state index in [2.05, 4.69) is 26.8 Å². The van der Waals surface area contributed by atoms with Gasteiger partial charge in [-0.25, -0.2) is 9.97 Å². The van der Waals surface area contributed by atoms with Crippen molar-refractivity contribution in [3.63, 3.8) is 0 Å². The van der Waals surface area contributed by atoms with Crippen LogP contribution in [0.25, 0.3) is 0 Å². The molecule has 1 fully saturated rings. The van der Waals surface area contributed by atoms with E-state index in [0.29, 0.717) is 31.1 Å². The van der Waals surface area contributed by atoms with Gasteiger partial charge in [0.2, 0.25) is 0 Å². The summed E-state index contributed by atoms with van der Waals surface area (Å²) in [5.74, 6) is 1.40. The van der Waals surface area contributed by atoms with Gasteiger partial charge in [-0.15, -0.1) is 6.58 Å². The number of hydrogen-bond donors (Lipinski definition) is 1. The number of benzene rings is 1. The van der Waals surface area contributed by atoms with E-state index in [4.69, 9.17) is 4.74 Å². The van der Waals surface area contributed by atoms with Crippen LogP contribution in [0.4, 0.5) is 11.5 Å². The Labute approximate surface area is 153 Å². The molecule has 7 heteroatoms. The molecular weight excluding hydrogens is 330 g/mol. The summed E-state index contributed by atoms with van der Waals surface area (Å²) in [7, 11) is 1.66. The molecule has 0 aliphatic carbocycles. The van der Waals surface area contributed by atoms with Crippen LogP contribution in [0.2, 0.25) is 0 Å². The normalized spacial score (nSPS) is 14.0. The van der Waals surface area contributed by atoms with E-state index in [9.17, 15) is 4.79 Å². The van der Waals surface area contributed by atoms with Crippen LogP contribution in [-0.4, -0.2) is 60.6 Å². The fourth-order valence-corrected chi connectivity index (χ4v) is 2.87. The Morgan fingerprint density at radius 3 is 2.62 bits per heavy atom. The van der Waals surface area contributed by atoms with Crippen LogP contribution >= 0.6 is 0 Å². The molecule has 0 bridgehead atoms. The highest BCUT2D eigenvalue weighted by Gasteiger charge is 2.23. The molecule has 1 aromatic heterocycles. The van der Waals surface area contributed by atoms with E-state index in [1.54, 1.807) is 19.3 Å². The minimum absolute atomic E-state index is 0.0663. The van der Waals surface area contributed by atoms with E-state index >= 15 is 0 Å². The highest BCUT2D eigenvalue weighted by atomic mass is 16.5. The molecule has 0 atom stereocenters. The van der Waals surface area contributed by atoms with E-state index in [-0.39, 0.29) is 5.91 Å². The number of piperazine rings is 1. The van der Waals surface area contributed by atoms with Crippen LogP contribution in [0.1, 0.15) is 10.5 Å². The van der Waals surface area contributed by atoms with Crippen molar-refractivity contribution in [2.24, 2.45) is 0 Å². The number of carbonyl (C=O) groups is 1. The van der Waals surface area contributed by atoms with E-state index in [1.807, 2.05) is 29.2 Å². The number of aromatic nitrogens is 2. The second kappa shape index (κ2) is 8.33. The lowest BCUT2D eigenvalue weighted by Crippen LogP contribution is -2.49. The Morgan fingerprint density at radius 1 is 1.23 bits per heavy atom. The van der Waals surface area contributed by atoms with Crippen LogP contribution in [0.15, 0.2) is 49.3 Å². The third-order valence-electron chi connectivity index (χ3n) is 4.32. The number of carbonyl (C=O) groups excluding carboxylic acids is 1. The second-order valence-electron chi connectivity index (χ2n) is 5.94. The van der Waals surface area contributed by atoms with Gasteiger partial charge < -0.3 is 19.9 Å². The molecule has 0 spiro atoms. The monoisotopic (exact) mass is 353 g/mol. The predicted molar refractivity (Wildman–Crippen MR) is 102 cm³/mol. The standard InChI is InChI=1S/C19H23N5O2/c1-3-8-20-18-13-17(21-14-22-18)19(25)24-11-9-23(10-12-24)15-4-6-16(26-2)7-5-15/h3-7,13-14H,1,8-12H2,2H3,(H,20,21,22). The van der Waals surface area contributed by atoms with E-state index in [1.165, 1.54) is 6.33 Å². The lowest BCUT2D eigenvalue weighted by atomic mass is 10.2. The molecule has 7 nitrogen and oxygen atoms in total. The molecule has 1 aliphatic rings. The Bertz CT molecular complexity index is 755. The number of anilines is 2. The van der Waals surface area contributed by atoms with Crippen molar-refractivity contribution in [2.75, 3.05) is 50.1 Å². The van der Waals surface area contributed by atoms with Crippen molar-refractivity contribution < 1.29 is 9.53 Å². The fourth-order valence-electron chi connectivity index (χ4n) is 2.87. The SMILES string of the molecule is C=CCNc1cc(C(=O)N2CCN(c3ccc(OC)cc3)CC2)ncn1. The number of nitrogens with zero attached hydrogens (tertiary/aromatic N) is 4. The Morgan fingerprint density at radius 2 is 1.96 bits per heavy atom. The number of methoxy groups -OCH3 is 1. The number of ether oxygens (including phenoxy) is 1. The third kappa shape index (κ3) is 4.11. The quantitative estimate of drug-likeness (QED) is 0.802. The Balaban J connectivity index is 1.60. The van der Waals surface area contributed by atoms with Gasteiger partial charge >= 0.3 is 0 Å². The van der Waals surface area contributed by atoms with Crippen molar-refractivity contribution in [2.45, 2.75) is 0 Å². The van der Waals surface area contributed by atoms with Crippen LogP contribution in [0.5, 0.6) is 5.75 Å². The number of nitrogens with one attached hydrogen (secondary N) is 1. The Kier molecular flexibility index (Phi) is 5.68. The van der Waals surface area contributed by atoms with Gasteiger partial charge in [-0.1, -0.05) is 6.08 Å². The first-order valence-electron chi connectivity index (χ1n) is 8.56. The maximum atomic E-state index is 12.7. The summed E-state index contributed by atoms with van der Waals surface area (Å²) in [6.07, 6.45) is 3.15. The van der Waals surface area contributed by atoms with Crippen molar-refractivity contribution >= 4 is 17.4 Å². The molecule has 2 heterocycles. The summed E-state index contributed by atoms with van der Waals surface area (Å²) in [5.41, 5.74) is 1.54. The molecule has 1 amide bonds. The maximum absolute atomic E-state index is 12.7. The lowest BCUT2D eigenvalue weighted by molar-refractivity contribution is 0.0740. The van der Waals surface area contributed by atoms with Gasteiger partial charge in [0.05, 0.1) is 7.11 Å². The van der Waals surface area contributed by atoms with Gasteiger partial charge in [0.25, 0.3) is 5.91 Å². The maximum Gasteiger partial charge on any atom is 0.272 e. The molecule has 2 aromatic rings. The molecule has 136 valence electrons. The molecule has 0 saturated carbocycles. The Hall–Kier alpha value is -3.09. The zero-order valence-corrected chi connectivity index (χ0v) is 14.9. The third-order valence-corrected chi connectivity index (χ3v) is 4.32. The van der Waals surface area contributed by atoms with Crippen LogP contribution in [-0.2, 0) is 0 Å². The number of rotatable bonds is 6. The van der Waals surface area contributed by atoms with Crippen LogP contribution in [0, 0.1) is 0 Å². The molecule has 0 unspecified atom stereocenters. The summed E-state index contributed by atoms with van der Waals surface area (Å²) in [6.45, 7) is 7.12. The molecule has 0 radical (unpaired) electrons. The van der Waals surface area contributed by atoms with Gasteiger partial charge in [-0.05, 0) is 24.3 Å². The topological polar surface area (TPSA) is 70.6 Å². The van der Waals surface area contributed by atoms with Crippen LogP contribution < -0.4 is 15.0 Å². The minimum atomic E-state index is -0.0663. The smallest absolute Gasteiger partial charge is 0.272 e.